The van der Waals surface area contributed by atoms with Crippen molar-refractivity contribution in [2.75, 3.05) is 44.7 Å². The van der Waals surface area contributed by atoms with Gasteiger partial charge in [-0.3, -0.25) is 0 Å². The van der Waals surface area contributed by atoms with Gasteiger partial charge in [0.2, 0.25) is 0 Å². The van der Waals surface area contributed by atoms with Crippen LogP contribution in [0.1, 0.15) is 13.8 Å². The van der Waals surface area contributed by atoms with Gasteiger partial charge < -0.3 is 19.9 Å². The summed E-state index contributed by atoms with van der Waals surface area (Å²) < 4.78 is 5.40. The second-order valence-corrected chi connectivity index (χ2v) is 6.31. The number of benzene rings is 1. The molecule has 0 saturated carbocycles. The number of hydrogen-bond donors (Lipinski definition) is 1. The standard InChI is InChI=1S/C16H24ClN3O2/c1-12(2)11-18-16(21)20-8-6-19(7-9-20)14-10-13(17)4-5-15(14)22-3/h4-5,10,12H,6-9,11H2,1-3H3,(H,18,21). The number of urea groups is 1. The zero-order chi connectivity index (χ0) is 16.1. The first-order valence-electron chi connectivity index (χ1n) is 7.62. The summed E-state index contributed by atoms with van der Waals surface area (Å²) in [7, 11) is 1.66. The third kappa shape index (κ3) is 4.19. The number of carbonyl (C=O) groups is 1. The molecule has 1 aromatic rings. The predicted molar refractivity (Wildman–Crippen MR) is 90.0 cm³/mol. The highest BCUT2D eigenvalue weighted by atomic mass is 35.5. The quantitative estimate of drug-likeness (QED) is 0.926. The van der Waals surface area contributed by atoms with Crippen LogP contribution in [-0.2, 0) is 0 Å². The van der Waals surface area contributed by atoms with Gasteiger partial charge in [-0.1, -0.05) is 25.4 Å². The Morgan fingerprint density at radius 1 is 1.32 bits per heavy atom. The first kappa shape index (κ1) is 16.7. The van der Waals surface area contributed by atoms with Crippen molar-refractivity contribution >= 4 is 23.3 Å². The highest BCUT2D eigenvalue weighted by molar-refractivity contribution is 6.30. The van der Waals surface area contributed by atoms with Crippen molar-refractivity contribution in [3.8, 4) is 5.75 Å². The second kappa shape index (κ2) is 7.58. The summed E-state index contributed by atoms with van der Waals surface area (Å²) in [6, 6.07) is 5.62. The molecule has 1 aliphatic heterocycles. The number of ether oxygens (including phenoxy) is 1. The molecule has 1 aromatic carbocycles. The number of methoxy groups -OCH3 is 1. The first-order chi connectivity index (χ1) is 10.5. The van der Waals surface area contributed by atoms with Gasteiger partial charge >= 0.3 is 6.03 Å². The molecule has 1 fully saturated rings. The monoisotopic (exact) mass is 325 g/mol. The molecule has 1 aliphatic rings. The van der Waals surface area contributed by atoms with Gasteiger partial charge in [0.15, 0.2) is 0 Å². The lowest BCUT2D eigenvalue weighted by molar-refractivity contribution is 0.193. The molecule has 0 atom stereocenters. The van der Waals surface area contributed by atoms with Gasteiger partial charge in [0.05, 0.1) is 12.8 Å². The lowest BCUT2D eigenvalue weighted by Gasteiger charge is -2.36. The zero-order valence-electron chi connectivity index (χ0n) is 13.4. The third-order valence-corrected chi connectivity index (χ3v) is 3.95. The van der Waals surface area contributed by atoms with Gasteiger partial charge in [-0.25, -0.2) is 4.79 Å². The van der Waals surface area contributed by atoms with Crippen LogP contribution < -0.4 is 15.0 Å². The van der Waals surface area contributed by atoms with E-state index in [2.05, 4.69) is 24.1 Å². The topological polar surface area (TPSA) is 44.8 Å². The Bertz CT molecular complexity index is 514. The number of nitrogens with zero attached hydrogens (tertiary/aromatic N) is 2. The molecule has 2 amide bonds. The fraction of sp³-hybridized carbons (Fsp3) is 0.562. The molecular formula is C16H24ClN3O2. The Morgan fingerprint density at radius 3 is 2.59 bits per heavy atom. The summed E-state index contributed by atoms with van der Waals surface area (Å²) in [5, 5.41) is 3.65. The zero-order valence-corrected chi connectivity index (χ0v) is 14.2. The number of carbonyl (C=O) groups excluding carboxylic acids is 1. The molecule has 2 rings (SSSR count). The molecule has 0 aliphatic carbocycles. The minimum atomic E-state index is 0.0198. The number of rotatable bonds is 4. The fourth-order valence-corrected chi connectivity index (χ4v) is 2.63. The van der Waals surface area contributed by atoms with E-state index in [4.69, 9.17) is 16.3 Å². The van der Waals surface area contributed by atoms with E-state index in [0.717, 1.165) is 24.5 Å². The molecule has 6 heteroatoms. The number of amides is 2. The van der Waals surface area contributed by atoms with E-state index < -0.39 is 0 Å². The van der Waals surface area contributed by atoms with Crippen molar-refractivity contribution in [1.29, 1.82) is 0 Å². The molecule has 0 bridgehead atoms. The fourth-order valence-electron chi connectivity index (χ4n) is 2.46. The van der Waals surface area contributed by atoms with E-state index in [-0.39, 0.29) is 6.03 Å². The van der Waals surface area contributed by atoms with Crippen molar-refractivity contribution in [3.05, 3.63) is 23.2 Å². The lowest BCUT2D eigenvalue weighted by Crippen LogP contribution is -2.52. The number of halogens is 1. The minimum absolute atomic E-state index is 0.0198. The maximum absolute atomic E-state index is 12.1. The molecule has 122 valence electrons. The van der Waals surface area contributed by atoms with Crippen LogP contribution in [0.3, 0.4) is 0 Å². The van der Waals surface area contributed by atoms with Gasteiger partial charge in [-0.2, -0.15) is 0 Å². The van der Waals surface area contributed by atoms with Crippen LogP contribution in [-0.4, -0.2) is 50.8 Å². The summed E-state index contributed by atoms with van der Waals surface area (Å²) in [6.45, 7) is 7.81. The van der Waals surface area contributed by atoms with Crippen molar-refractivity contribution in [2.24, 2.45) is 5.92 Å². The summed E-state index contributed by atoms with van der Waals surface area (Å²) in [5.41, 5.74) is 0.984. The Labute approximate surface area is 137 Å². The highest BCUT2D eigenvalue weighted by Gasteiger charge is 2.23. The van der Waals surface area contributed by atoms with Crippen LogP contribution in [0.4, 0.5) is 10.5 Å². The van der Waals surface area contributed by atoms with Gasteiger partial charge in [-0.15, -0.1) is 0 Å². The molecule has 1 saturated heterocycles. The van der Waals surface area contributed by atoms with E-state index in [1.54, 1.807) is 7.11 Å². The normalized spacial score (nSPS) is 15.1. The van der Waals surface area contributed by atoms with E-state index in [9.17, 15) is 4.79 Å². The molecule has 22 heavy (non-hydrogen) atoms. The van der Waals surface area contributed by atoms with E-state index in [0.29, 0.717) is 30.6 Å². The van der Waals surface area contributed by atoms with E-state index in [1.165, 1.54) is 0 Å². The minimum Gasteiger partial charge on any atom is -0.495 e. The Balaban J connectivity index is 1.95. The number of nitrogens with one attached hydrogen (secondary N) is 1. The summed E-state index contributed by atoms with van der Waals surface area (Å²) in [4.78, 5) is 16.1. The van der Waals surface area contributed by atoms with Gasteiger partial charge in [0.1, 0.15) is 5.75 Å². The van der Waals surface area contributed by atoms with Crippen LogP contribution >= 0.6 is 11.6 Å². The molecule has 1 N–H and O–H groups in total. The molecule has 1 heterocycles. The van der Waals surface area contributed by atoms with Crippen molar-refractivity contribution < 1.29 is 9.53 Å². The summed E-state index contributed by atoms with van der Waals surface area (Å²) in [6.07, 6.45) is 0. The average Bonchev–Trinajstić information content (AvgIpc) is 2.52. The van der Waals surface area contributed by atoms with Crippen LogP contribution in [0.25, 0.3) is 0 Å². The number of piperazine rings is 1. The van der Waals surface area contributed by atoms with Crippen LogP contribution in [0.2, 0.25) is 5.02 Å². The Kier molecular flexibility index (Phi) is 5.77. The van der Waals surface area contributed by atoms with Crippen molar-refractivity contribution in [3.63, 3.8) is 0 Å². The first-order valence-corrected chi connectivity index (χ1v) is 8.00. The Hall–Kier alpha value is -1.62. The van der Waals surface area contributed by atoms with E-state index >= 15 is 0 Å². The summed E-state index contributed by atoms with van der Waals surface area (Å²) in [5.74, 6) is 1.27. The van der Waals surface area contributed by atoms with Crippen LogP contribution in [0.15, 0.2) is 18.2 Å². The van der Waals surface area contributed by atoms with Crippen LogP contribution in [0, 0.1) is 5.92 Å². The van der Waals surface area contributed by atoms with Gasteiger partial charge in [-0.05, 0) is 24.1 Å². The molecule has 0 aromatic heterocycles. The smallest absolute Gasteiger partial charge is 0.317 e. The maximum Gasteiger partial charge on any atom is 0.317 e. The largest absolute Gasteiger partial charge is 0.495 e. The number of anilines is 1. The predicted octanol–water partition coefficient (Wildman–Crippen LogP) is 2.84. The lowest BCUT2D eigenvalue weighted by atomic mass is 10.2. The summed E-state index contributed by atoms with van der Waals surface area (Å²) >= 11 is 6.09. The van der Waals surface area contributed by atoms with Crippen molar-refractivity contribution in [1.82, 2.24) is 10.2 Å². The SMILES string of the molecule is COc1ccc(Cl)cc1N1CCN(C(=O)NCC(C)C)CC1. The third-order valence-electron chi connectivity index (χ3n) is 3.71. The highest BCUT2D eigenvalue weighted by Crippen LogP contribution is 2.31. The molecule has 0 unspecified atom stereocenters. The molecular weight excluding hydrogens is 302 g/mol. The Morgan fingerprint density at radius 2 is 2.00 bits per heavy atom. The van der Waals surface area contributed by atoms with Crippen LogP contribution in [0.5, 0.6) is 5.75 Å². The van der Waals surface area contributed by atoms with Crippen molar-refractivity contribution in [2.45, 2.75) is 13.8 Å². The maximum atomic E-state index is 12.1. The average molecular weight is 326 g/mol. The molecule has 0 spiro atoms. The van der Waals surface area contributed by atoms with Gasteiger partial charge in [0, 0.05) is 37.7 Å². The van der Waals surface area contributed by atoms with E-state index in [1.807, 2.05) is 23.1 Å². The molecule has 0 radical (unpaired) electrons. The van der Waals surface area contributed by atoms with Gasteiger partial charge in [0.25, 0.3) is 0 Å². The molecule has 5 nitrogen and oxygen atoms in total. The second-order valence-electron chi connectivity index (χ2n) is 5.87. The number of hydrogen-bond acceptors (Lipinski definition) is 3.